The van der Waals surface area contributed by atoms with Crippen molar-refractivity contribution in [3.05, 3.63) is 29.3 Å². The summed E-state index contributed by atoms with van der Waals surface area (Å²) in [5.74, 6) is 0.139. The molecule has 2 aliphatic heterocycles. The number of rotatable bonds is 3. The van der Waals surface area contributed by atoms with Gasteiger partial charge in [0.15, 0.2) is 0 Å². The van der Waals surface area contributed by atoms with Crippen LogP contribution in [0.15, 0.2) is 24.3 Å². The van der Waals surface area contributed by atoms with Crippen LogP contribution in [0.25, 0.3) is 0 Å². The zero-order valence-corrected chi connectivity index (χ0v) is 16.8. The number of hydrogen-bond acceptors (Lipinski definition) is 4. The van der Waals surface area contributed by atoms with Gasteiger partial charge >= 0.3 is 0 Å². The quantitative estimate of drug-likeness (QED) is 0.832. The summed E-state index contributed by atoms with van der Waals surface area (Å²) in [7, 11) is 1.66. The number of piperidine rings is 1. The highest BCUT2D eigenvalue weighted by molar-refractivity contribution is 6.33. The fourth-order valence-corrected chi connectivity index (χ4v) is 3.74. The zero-order valence-electron chi connectivity index (χ0n) is 14.4. The lowest BCUT2D eigenvalue weighted by Crippen LogP contribution is -2.59. The number of anilines is 1. The van der Waals surface area contributed by atoms with E-state index in [1.807, 2.05) is 29.2 Å². The van der Waals surface area contributed by atoms with Crippen LogP contribution < -0.4 is 10.2 Å². The van der Waals surface area contributed by atoms with E-state index in [9.17, 15) is 4.79 Å². The minimum absolute atomic E-state index is 0. The normalized spacial score (nSPS) is 19.6. The fourth-order valence-electron chi connectivity index (χ4n) is 3.48. The molecule has 0 atom stereocenters. The molecule has 0 aliphatic carbocycles. The van der Waals surface area contributed by atoms with Crippen molar-refractivity contribution in [1.82, 2.24) is 10.2 Å². The monoisotopic (exact) mass is 409 g/mol. The van der Waals surface area contributed by atoms with Gasteiger partial charge < -0.3 is 19.9 Å². The Morgan fingerprint density at radius 1 is 1.12 bits per heavy atom. The van der Waals surface area contributed by atoms with E-state index in [4.69, 9.17) is 16.3 Å². The second kappa shape index (κ2) is 9.83. The smallest absolute Gasteiger partial charge is 0.255 e. The van der Waals surface area contributed by atoms with E-state index < -0.39 is 5.60 Å². The second-order valence-corrected chi connectivity index (χ2v) is 6.59. The number of hydrogen-bond donors (Lipinski definition) is 1. The Labute approximate surface area is 166 Å². The molecule has 2 heterocycles. The maximum Gasteiger partial charge on any atom is 0.255 e. The van der Waals surface area contributed by atoms with E-state index in [1.54, 1.807) is 7.11 Å². The molecular weight excluding hydrogens is 385 g/mol. The minimum Gasteiger partial charge on any atom is -0.368 e. The van der Waals surface area contributed by atoms with Crippen molar-refractivity contribution in [2.75, 3.05) is 51.3 Å². The number of carbonyl (C=O) groups excluding carboxylic acids is 1. The van der Waals surface area contributed by atoms with E-state index in [0.29, 0.717) is 13.1 Å². The molecule has 0 bridgehead atoms. The summed E-state index contributed by atoms with van der Waals surface area (Å²) in [6.07, 6.45) is 1.49. The number of halogens is 3. The van der Waals surface area contributed by atoms with Crippen molar-refractivity contribution in [3.63, 3.8) is 0 Å². The van der Waals surface area contributed by atoms with Gasteiger partial charge in [-0.25, -0.2) is 0 Å². The molecule has 1 aromatic carbocycles. The summed E-state index contributed by atoms with van der Waals surface area (Å²) in [5.41, 5.74) is 0.405. The van der Waals surface area contributed by atoms with Crippen LogP contribution in [-0.2, 0) is 9.53 Å². The Hall–Kier alpha value is -0.720. The Morgan fingerprint density at radius 2 is 1.72 bits per heavy atom. The van der Waals surface area contributed by atoms with Gasteiger partial charge in [-0.2, -0.15) is 0 Å². The van der Waals surface area contributed by atoms with Gasteiger partial charge in [0.25, 0.3) is 5.91 Å². The third-order valence-corrected chi connectivity index (χ3v) is 5.27. The molecule has 0 radical (unpaired) electrons. The molecule has 3 rings (SSSR count). The number of amides is 1. The predicted molar refractivity (Wildman–Crippen MR) is 107 cm³/mol. The number of nitrogens with one attached hydrogen (secondary N) is 1. The minimum atomic E-state index is -0.641. The average Bonchev–Trinajstić information content (AvgIpc) is 2.62. The van der Waals surface area contributed by atoms with Crippen molar-refractivity contribution < 1.29 is 9.53 Å². The van der Waals surface area contributed by atoms with E-state index in [1.165, 1.54) is 0 Å². The van der Waals surface area contributed by atoms with Gasteiger partial charge in [-0.15, -0.1) is 24.8 Å². The molecule has 2 fully saturated rings. The van der Waals surface area contributed by atoms with E-state index in [0.717, 1.165) is 49.7 Å². The van der Waals surface area contributed by atoms with E-state index >= 15 is 0 Å². The standard InChI is InChI=1S/C17H24ClN3O2.2ClH/c1-23-17(6-8-19-9-7-17)16(22)21-12-10-20(11-13-21)15-5-3-2-4-14(15)18;;/h2-5,19H,6-13H2,1H3;2*1H. The summed E-state index contributed by atoms with van der Waals surface area (Å²) in [4.78, 5) is 17.1. The highest BCUT2D eigenvalue weighted by atomic mass is 35.5. The molecule has 0 saturated carbocycles. The van der Waals surface area contributed by atoms with Gasteiger partial charge in [-0.3, -0.25) is 4.79 Å². The number of benzene rings is 1. The lowest BCUT2D eigenvalue weighted by atomic mass is 9.90. The molecule has 25 heavy (non-hydrogen) atoms. The van der Waals surface area contributed by atoms with Crippen LogP contribution in [0.4, 0.5) is 5.69 Å². The van der Waals surface area contributed by atoms with Crippen LogP contribution in [0.1, 0.15) is 12.8 Å². The summed E-state index contributed by atoms with van der Waals surface area (Å²) >= 11 is 6.27. The molecular formula is C17H26Cl3N3O2. The summed E-state index contributed by atoms with van der Waals surface area (Å²) in [5, 5.41) is 4.06. The fraction of sp³-hybridized carbons (Fsp3) is 0.588. The van der Waals surface area contributed by atoms with Gasteiger partial charge in [0.1, 0.15) is 5.60 Å². The Morgan fingerprint density at radius 3 is 2.28 bits per heavy atom. The van der Waals surface area contributed by atoms with Gasteiger partial charge in [-0.05, 0) is 38.1 Å². The summed E-state index contributed by atoms with van der Waals surface area (Å²) < 4.78 is 5.66. The van der Waals surface area contributed by atoms with Crippen molar-refractivity contribution in [1.29, 1.82) is 0 Å². The number of para-hydroxylation sites is 1. The SMILES string of the molecule is COC1(C(=O)N2CCN(c3ccccc3Cl)CC2)CCNCC1.Cl.Cl. The number of carbonyl (C=O) groups is 1. The third-order valence-electron chi connectivity index (χ3n) is 4.95. The molecule has 1 amide bonds. The lowest BCUT2D eigenvalue weighted by Gasteiger charge is -2.42. The van der Waals surface area contributed by atoms with Crippen molar-refractivity contribution in [2.24, 2.45) is 0 Å². The average molecular weight is 411 g/mol. The molecule has 142 valence electrons. The zero-order chi connectivity index (χ0) is 16.3. The van der Waals surface area contributed by atoms with Crippen molar-refractivity contribution in [3.8, 4) is 0 Å². The number of methoxy groups -OCH3 is 1. The van der Waals surface area contributed by atoms with Crippen LogP contribution in [0.2, 0.25) is 5.02 Å². The first-order chi connectivity index (χ1) is 11.2. The number of nitrogens with zero attached hydrogens (tertiary/aromatic N) is 2. The Kier molecular flexibility index (Phi) is 8.78. The second-order valence-electron chi connectivity index (χ2n) is 6.18. The molecule has 0 spiro atoms. The highest BCUT2D eigenvalue weighted by Crippen LogP contribution is 2.28. The van der Waals surface area contributed by atoms with Crippen LogP contribution in [0.3, 0.4) is 0 Å². The molecule has 0 aromatic heterocycles. The summed E-state index contributed by atoms with van der Waals surface area (Å²) in [6, 6.07) is 7.87. The Balaban J connectivity index is 0.00000156. The first-order valence-electron chi connectivity index (χ1n) is 8.21. The molecule has 0 unspecified atom stereocenters. The number of ether oxygens (including phenoxy) is 1. The summed E-state index contributed by atoms with van der Waals surface area (Å²) in [6.45, 7) is 4.69. The van der Waals surface area contributed by atoms with Crippen molar-refractivity contribution in [2.45, 2.75) is 18.4 Å². The maximum absolute atomic E-state index is 12.9. The lowest BCUT2D eigenvalue weighted by molar-refractivity contribution is -0.158. The van der Waals surface area contributed by atoms with Gasteiger partial charge in [0, 0.05) is 33.3 Å². The topological polar surface area (TPSA) is 44.8 Å². The highest BCUT2D eigenvalue weighted by Gasteiger charge is 2.43. The van der Waals surface area contributed by atoms with Crippen LogP contribution >= 0.6 is 36.4 Å². The van der Waals surface area contributed by atoms with Crippen LogP contribution in [0, 0.1) is 0 Å². The molecule has 8 heteroatoms. The molecule has 2 saturated heterocycles. The first-order valence-corrected chi connectivity index (χ1v) is 8.59. The molecule has 5 nitrogen and oxygen atoms in total. The van der Waals surface area contributed by atoms with Gasteiger partial charge in [0.2, 0.25) is 0 Å². The molecule has 1 aromatic rings. The van der Waals surface area contributed by atoms with Crippen LogP contribution in [0.5, 0.6) is 0 Å². The van der Waals surface area contributed by atoms with E-state index in [2.05, 4.69) is 10.2 Å². The molecule has 2 aliphatic rings. The maximum atomic E-state index is 12.9. The molecule has 1 N–H and O–H groups in total. The van der Waals surface area contributed by atoms with E-state index in [-0.39, 0.29) is 30.7 Å². The number of piperazine rings is 1. The third kappa shape index (κ3) is 4.72. The predicted octanol–water partition coefficient (Wildman–Crippen LogP) is 2.60. The van der Waals surface area contributed by atoms with Crippen molar-refractivity contribution >= 4 is 48.0 Å². The van der Waals surface area contributed by atoms with Gasteiger partial charge in [-0.1, -0.05) is 23.7 Å². The largest absolute Gasteiger partial charge is 0.368 e. The van der Waals surface area contributed by atoms with Crippen LogP contribution in [-0.4, -0.2) is 62.8 Å². The Bertz CT molecular complexity index is 560. The van der Waals surface area contributed by atoms with Gasteiger partial charge in [0.05, 0.1) is 10.7 Å². The first kappa shape index (κ1) is 22.3.